The van der Waals surface area contributed by atoms with Crippen molar-refractivity contribution < 1.29 is 19.4 Å². The molecule has 2 rings (SSSR count). The summed E-state index contributed by atoms with van der Waals surface area (Å²) in [6, 6.07) is 15.8. The van der Waals surface area contributed by atoms with Gasteiger partial charge in [-0.2, -0.15) is 0 Å². The van der Waals surface area contributed by atoms with Gasteiger partial charge in [0, 0.05) is 12.2 Å². The number of aliphatic carboxylic acids is 1. The summed E-state index contributed by atoms with van der Waals surface area (Å²) in [5, 5.41) is 9.30. The number of nitrogens with zero attached hydrogens (tertiary/aromatic N) is 2. The van der Waals surface area contributed by atoms with Crippen molar-refractivity contribution >= 4 is 35.3 Å². The van der Waals surface area contributed by atoms with E-state index < -0.39 is 12.0 Å². The van der Waals surface area contributed by atoms with Crippen LogP contribution in [0.2, 0.25) is 0 Å². The average molecular weight is 491 g/mol. The van der Waals surface area contributed by atoms with E-state index in [4.69, 9.17) is 17.0 Å². The average Bonchev–Trinajstić information content (AvgIpc) is 2.90. The topological polar surface area (TPSA) is 70.1 Å². The third-order valence-electron chi connectivity index (χ3n) is 4.47. The molecule has 1 atom stereocenters. The van der Waals surface area contributed by atoms with E-state index in [0.717, 1.165) is 11.3 Å². The molecule has 2 aromatic carbocycles. The molecule has 0 bridgehead atoms. The van der Waals surface area contributed by atoms with Gasteiger partial charge >= 0.3 is 5.97 Å². The Kier molecular flexibility index (Phi) is 20.4. The molecule has 0 aromatic heterocycles. The molecule has 1 unspecified atom stereocenters. The molecule has 190 valence electrons. The summed E-state index contributed by atoms with van der Waals surface area (Å²) in [5.41, 5.74) is 2.94. The number of amides is 1. The Morgan fingerprint density at radius 2 is 1.50 bits per heavy atom. The van der Waals surface area contributed by atoms with Gasteiger partial charge < -0.3 is 9.84 Å². The Hall–Kier alpha value is -2.77. The fourth-order valence-corrected chi connectivity index (χ4v) is 3.07. The van der Waals surface area contributed by atoms with E-state index in [0.29, 0.717) is 18.7 Å². The smallest absolute Gasteiger partial charge is 0.305 e. The molecule has 0 radical (unpaired) electrons. The van der Waals surface area contributed by atoms with Crippen molar-refractivity contribution in [1.82, 2.24) is 4.90 Å². The number of rotatable bonds is 10. The largest absolute Gasteiger partial charge is 0.497 e. The number of hydrogen-bond acceptors (Lipinski definition) is 5. The number of anilines is 1. The minimum absolute atomic E-state index is 0.301. The van der Waals surface area contributed by atoms with Gasteiger partial charge in [-0.15, -0.1) is 0 Å². The number of likely N-dealkylation sites (N-methyl/N-ethyl adjacent to an activating group) is 1. The summed E-state index contributed by atoms with van der Waals surface area (Å²) < 4.78 is 5.15. The van der Waals surface area contributed by atoms with Crippen molar-refractivity contribution in [2.24, 2.45) is 0 Å². The van der Waals surface area contributed by atoms with E-state index in [1.54, 1.807) is 43.3 Å². The zero-order chi connectivity index (χ0) is 26.5. The number of carboxylic acids is 1. The SMILES string of the molecule is CC.CC.CC.COc1ccc(CCN(C)C(CC(=O)O)C(=O)N(C=S)c2ccccc2)cc1. The lowest BCUT2D eigenvalue weighted by Gasteiger charge is -2.29. The van der Waals surface area contributed by atoms with Crippen molar-refractivity contribution in [2.45, 2.75) is 60.4 Å². The Labute approximate surface area is 211 Å². The maximum Gasteiger partial charge on any atom is 0.305 e. The highest BCUT2D eigenvalue weighted by molar-refractivity contribution is 7.79. The van der Waals surface area contributed by atoms with Crippen LogP contribution in [0.1, 0.15) is 53.5 Å². The molecular weight excluding hydrogens is 448 g/mol. The fourth-order valence-electron chi connectivity index (χ4n) is 2.84. The fraction of sp³-hybridized carbons (Fsp3) is 0.444. The first kappa shape index (κ1) is 33.4. The van der Waals surface area contributed by atoms with Gasteiger partial charge in [0.1, 0.15) is 11.8 Å². The van der Waals surface area contributed by atoms with Crippen molar-refractivity contribution in [2.75, 3.05) is 25.6 Å². The van der Waals surface area contributed by atoms with Crippen LogP contribution in [-0.2, 0) is 16.0 Å². The highest BCUT2D eigenvalue weighted by atomic mass is 32.1. The minimum atomic E-state index is -1.04. The lowest BCUT2D eigenvalue weighted by molar-refractivity contribution is -0.141. The predicted octanol–water partition coefficient (Wildman–Crippen LogP) is 6.08. The molecule has 0 aliphatic heterocycles. The lowest BCUT2D eigenvalue weighted by Crippen LogP contribution is -2.48. The quantitative estimate of drug-likeness (QED) is 0.407. The van der Waals surface area contributed by atoms with Gasteiger partial charge in [-0.05, 0) is 43.3 Å². The maximum absolute atomic E-state index is 13.1. The van der Waals surface area contributed by atoms with Gasteiger partial charge in [0.25, 0.3) is 0 Å². The molecular formula is C27H42N2O4S. The van der Waals surface area contributed by atoms with Crippen molar-refractivity contribution in [3.63, 3.8) is 0 Å². The zero-order valence-electron chi connectivity index (χ0n) is 21.9. The summed E-state index contributed by atoms with van der Waals surface area (Å²) in [5.74, 6) is -0.622. The van der Waals surface area contributed by atoms with Gasteiger partial charge in [-0.1, -0.05) is 84.1 Å². The number of ether oxygens (including phenoxy) is 1. The highest BCUT2D eigenvalue weighted by Gasteiger charge is 2.30. The summed E-state index contributed by atoms with van der Waals surface area (Å²) in [7, 11) is 3.36. The van der Waals surface area contributed by atoms with E-state index in [2.05, 4.69) is 0 Å². The van der Waals surface area contributed by atoms with Crippen LogP contribution in [-0.4, -0.2) is 54.1 Å². The number of para-hydroxylation sites is 1. The summed E-state index contributed by atoms with van der Waals surface area (Å²) >= 11 is 5.02. The second-order valence-corrected chi connectivity index (χ2v) is 6.55. The summed E-state index contributed by atoms with van der Waals surface area (Å²) in [6.45, 7) is 12.5. The highest BCUT2D eigenvalue weighted by Crippen LogP contribution is 2.17. The van der Waals surface area contributed by atoms with Gasteiger partial charge in [-0.25, -0.2) is 0 Å². The number of benzene rings is 2. The Bertz CT molecular complexity index is 798. The number of carbonyl (C=O) groups excluding carboxylic acids is 1. The first-order valence-electron chi connectivity index (χ1n) is 11.8. The molecule has 6 nitrogen and oxygen atoms in total. The van der Waals surface area contributed by atoms with Crippen LogP contribution in [0, 0.1) is 0 Å². The monoisotopic (exact) mass is 490 g/mol. The van der Waals surface area contributed by atoms with Crippen LogP contribution in [0.5, 0.6) is 5.75 Å². The molecule has 0 aliphatic rings. The van der Waals surface area contributed by atoms with Gasteiger partial charge in [0.2, 0.25) is 5.91 Å². The first-order chi connectivity index (χ1) is 16.5. The van der Waals surface area contributed by atoms with Crippen molar-refractivity contribution in [3.05, 3.63) is 60.2 Å². The first-order valence-corrected chi connectivity index (χ1v) is 12.3. The number of hydrogen-bond donors (Lipinski definition) is 1. The van der Waals surface area contributed by atoms with Crippen LogP contribution < -0.4 is 9.64 Å². The third kappa shape index (κ3) is 11.9. The number of thiocarbonyl (C=S) groups is 1. The molecule has 7 heteroatoms. The Morgan fingerprint density at radius 3 is 1.94 bits per heavy atom. The molecule has 1 N–H and O–H groups in total. The zero-order valence-corrected chi connectivity index (χ0v) is 22.8. The second-order valence-electron chi connectivity index (χ2n) is 6.34. The van der Waals surface area contributed by atoms with Gasteiger partial charge in [0.15, 0.2) is 0 Å². The van der Waals surface area contributed by atoms with Gasteiger partial charge in [-0.3, -0.25) is 19.4 Å². The summed E-state index contributed by atoms with van der Waals surface area (Å²) in [4.78, 5) is 27.5. The standard InChI is InChI=1S/C21H24N2O4S.3C2H6/c1-22(13-12-16-8-10-18(27-2)11-9-16)19(14-20(24)25)21(26)23(15-28)17-6-4-3-5-7-17;3*1-2/h3-11,15,19H,12-14H2,1-2H3,(H,24,25);3*1-2H3. The molecule has 0 spiro atoms. The molecule has 0 heterocycles. The molecule has 0 saturated heterocycles. The Balaban J connectivity index is 0. The van der Waals surface area contributed by atoms with Crippen LogP contribution in [0.4, 0.5) is 5.69 Å². The molecule has 0 aliphatic carbocycles. The second kappa shape index (κ2) is 20.8. The Morgan fingerprint density at radius 1 is 0.971 bits per heavy atom. The molecule has 0 fully saturated rings. The molecule has 0 saturated carbocycles. The molecule has 2 aromatic rings. The maximum atomic E-state index is 13.1. The van der Waals surface area contributed by atoms with Crippen LogP contribution in [0.3, 0.4) is 0 Å². The van der Waals surface area contributed by atoms with Crippen molar-refractivity contribution in [3.8, 4) is 5.75 Å². The molecule has 34 heavy (non-hydrogen) atoms. The normalized spacial score (nSPS) is 10.1. The van der Waals surface area contributed by atoms with E-state index >= 15 is 0 Å². The third-order valence-corrected chi connectivity index (χ3v) is 4.69. The number of carbonyl (C=O) groups is 2. The van der Waals surface area contributed by atoms with E-state index in [1.807, 2.05) is 71.9 Å². The van der Waals surface area contributed by atoms with Gasteiger partial charge in [0.05, 0.1) is 19.0 Å². The number of carboxylic acid groups (broad SMARTS) is 1. The predicted molar refractivity (Wildman–Crippen MR) is 147 cm³/mol. The van der Waals surface area contributed by atoms with Crippen molar-refractivity contribution in [1.29, 1.82) is 0 Å². The van der Waals surface area contributed by atoms with E-state index in [-0.39, 0.29) is 12.3 Å². The van der Waals surface area contributed by atoms with Crippen LogP contribution >= 0.6 is 12.2 Å². The van der Waals surface area contributed by atoms with Crippen LogP contribution in [0.15, 0.2) is 54.6 Å². The minimum Gasteiger partial charge on any atom is -0.497 e. The number of methoxy groups -OCH3 is 1. The van der Waals surface area contributed by atoms with E-state index in [1.165, 1.54) is 10.4 Å². The molecule has 1 amide bonds. The van der Waals surface area contributed by atoms with Crippen LogP contribution in [0.25, 0.3) is 0 Å². The lowest BCUT2D eigenvalue weighted by atomic mass is 10.1. The van der Waals surface area contributed by atoms with E-state index in [9.17, 15) is 14.7 Å². The summed E-state index contributed by atoms with van der Waals surface area (Å²) in [6.07, 6.45) is 0.372.